The number of esters is 1. The smallest absolute Gasteiger partial charge is 0.412 e. The Labute approximate surface area is 113 Å². The van der Waals surface area contributed by atoms with Crippen molar-refractivity contribution in [2.75, 3.05) is 11.4 Å². The number of rotatable bonds is 3. The van der Waals surface area contributed by atoms with Crippen LogP contribution in [0.25, 0.3) is 0 Å². The molecule has 9 heteroatoms. The van der Waals surface area contributed by atoms with Crippen LogP contribution in [0.15, 0.2) is 0 Å². The fourth-order valence-corrected chi connectivity index (χ4v) is 1.56. The van der Waals surface area contributed by atoms with Gasteiger partial charge >= 0.3 is 12.1 Å². The van der Waals surface area contributed by atoms with E-state index in [0.717, 1.165) is 11.5 Å². The number of ether oxygens (including phenoxy) is 2. The second-order valence-corrected chi connectivity index (χ2v) is 5.09. The lowest BCUT2D eigenvalue weighted by molar-refractivity contribution is 0.0568. The second-order valence-electron chi connectivity index (χ2n) is 4.12. The molecule has 1 heterocycles. The summed E-state index contributed by atoms with van der Waals surface area (Å²) in [7, 11) is 0. The number of halogens is 1. The Balaban J connectivity index is 2.71. The molecule has 18 heavy (non-hydrogen) atoms. The third-order valence-corrected chi connectivity index (χ3v) is 2.23. The summed E-state index contributed by atoms with van der Waals surface area (Å²) in [6, 6.07) is -0.303. The SMILES string of the molecule is CC(C)(C)OC(=O)Nc1snnc1C(=O)OCCl. The molecule has 0 bridgehead atoms. The van der Waals surface area contributed by atoms with Crippen molar-refractivity contribution >= 4 is 40.2 Å². The topological polar surface area (TPSA) is 90.4 Å². The van der Waals surface area contributed by atoms with Gasteiger partial charge < -0.3 is 9.47 Å². The summed E-state index contributed by atoms with van der Waals surface area (Å²) in [5.41, 5.74) is -0.745. The highest BCUT2D eigenvalue weighted by molar-refractivity contribution is 7.10. The van der Waals surface area contributed by atoms with E-state index in [-0.39, 0.29) is 16.8 Å². The number of nitrogens with one attached hydrogen (secondary N) is 1. The third-order valence-electron chi connectivity index (χ3n) is 1.48. The standard InChI is InChI=1S/C9H12ClN3O4S/c1-9(2,3)17-8(15)11-6-5(12-13-18-6)7(14)16-4-10/h4H2,1-3H3,(H,11,15). The van der Waals surface area contributed by atoms with E-state index >= 15 is 0 Å². The minimum atomic E-state index is -0.759. The van der Waals surface area contributed by atoms with Gasteiger partial charge in [-0.2, -0.15) is 0 Å². The van der Waals surface area contributed by atoms with Crippen molar-refractivity contribution in [1.29, 1.82) is 0 Å². The molecule has 0 aliphatic heterocycles. The number of alkyl halides is 1. The molecule has 0 aliphatic rings. The Kier molecular flexibility index (Phi) is 4.85. The third kappa shape index (κ3) is 4.46. The van der Waals surface area contributed by atoms with Crippen LogP contribution < -0.4 is 5.32 Å². The van der Waals surface area contributed by atoms with Crippen LogP contribution in [0.3, 0.4) is 0 Å². The maximum atomic E-state index is 11.5. The molecule has 1 N–H and O–H groups in total. The van der Waals surface area contributed by atoms with E-state index in [0.29, 0.717) is 0 Å². The van der Waals surface area contributed by atoms with Crippen LogP contribution in [0, 0.1) is 0 Å². The van der Waals surface area contributed by atoms with Crippen LogP contribution in [-0.4, -0.2) is 33.3 Å². The Bertz CT molecular complexity index is 443. The number of anilines is 1. The Morgan fingerprint density at radius 3 is 2.67 bits per heavy atom. The number of carbonyl (C=O) groups excluding carboxylic acids is 2. The number of nitrogens with zero attached hydrogens (tertiary/aromatic N) is 2. The lowest BCUT2D eigenvalue weighted by Crippen LogP contribution is -2.27. The monoisotopic (exact) mass is 293 g/mol. The number of amides is 1. The maximum Gasteiger partial charge on any atom is 0.412 e. The van der Waals surface area contributed by atoms with Gasteiger partial charge in [0.1, 0.15) is 5.60 Å². The van der Waals surface area contributed by atoms with E-state index in [1.165, 1.54) is 0 Å². The Morgan fingerprint density at radius 1 is 1.44 bits per heavy atom. The number of aromatic nitrogens is 2. The molecule has 0 aromatic carbocycles. The van der Waals surface area contributed by atoms with Gasteiger partial charge in [0.15, 0.2) is 11.1 Å². The fourth-order valence-electron chi connectivity index (χ4n) is 0.920. The number of hydrogen-bond acceptors (Lipinski definition) is 7. The quantitative estimate of drug-likeness (QED) is 0.679. The second kappa shape index (κ2) is 5.96. The van der Waals surface area contributed by atoms with Gasteiger partial charge in [-0.25, -0.2) is 9.59 Å². The van der Waals surface area contributed by atoms with E-state index in [9.17, 15) is 9.59 Å². The van der Waals surface area contributed by atoms with Crippen LogP contribution in [0.4, 0.5) is 9.80 Å². The van der Waals surface area contributed by atoms with Crippen LogP contribution in [0.1, 0.15) is 31.3 Å². The molecule has 0 saturated heterocycles. The summed E-state index contributed by atoms with van der Waals surface area (Å²) in [6.45, 7) is 5.17. The highest BCUT2D eigenvalue weighted by Gasteiger charge is 2.22. The molecular weight excluding hydrogens is 282 g/mol. The molecule has 100 valence electrons. The van der Waals surface area contributed by atoms with Crippen molar-refractivity contribution in [3.05, 3.63) is 5.69 Å². The first kappa shape index (κ1) is 14.7. The van der Waals surface area contributed by atoms with Crippen molar-refractivity contribution < 1.29 is 19.1 Å². The zero-order valence-corrected chi connectivity index (χ0v) is 11.6. The average Bonchev–Trinajstić information content (AvgIpc) is 2.62. The molecule has 0 fully saturated rings. The van der Waals surface area contributed by atoms with E-state index in [2.05, 4.69) is 19.6 Å². The molecule has 1 amide bonds. The first-order valence-electron chi connectivity index (χ1n) is 4.89. The molecule has 1 rings (SSSR count). The van der Waals surface area contributed by atoms with Gasteiger partial charge in [0.05, 0.1) is 0 Å². The predicted octanol–water partition coefficient (Wildman–Crippen LogP) is 2.24. The van der Waals surface area contributed by atoms with Crippen molar-refractivity contribution in [2.45, 2.75) is 26.4 Å². The van der Waals surface area contributed by atoms with Crippen LogP contribution >= 0.6 is 23.1 Å². The van der Waals surface area contributed by atoms with Crippen molar-refractivity contribution in [3.8, 4) is 0 Å². The highest BCUT2D eigenvalue weighted by Crippen LogP contribution is 2.20. The van der Waals surface area contributed by atoms with Gasteiger partial charge in [0, 0.05) is 11.5 Å². The number of hydrogen-bond donors (Lipinski definition) is 1. The largest absolute Gasteiger partial charge is 0.444 e. The minimum Gasteiger partial charge on any atom is -0.444 e. The summed E-state index contributed by atoms with van der Waals surface area (Å²) < 4.78 is 13.1. The van der Waals surface area contributed by atoms with E-state index in [1.807, 2.05) is 0 Å². The molecule has 0 spiro atoms. The fraction of sp³-hybridized carbons (Fsp3) is 0.556. The summed E-state index contributed by atoms with van der Waals surface area (Å²) in [6.07, 6.45) is -0.700. The zero-order chi connectivity index (χ0) is 13.8. The molecule has 0 atom stereocenters. The first-order chi connectivity index (χ1) is 8.33. The zero-order valence-electron chi connectivity index (χ0n) is 10.0. The minimum absolute atomic E-state index is 0.105. The van der Waals surface area contributed by atoms with Crippen molar-refractivity contribution in [3.63, 3.8) is 0 Å². The van der Waals surface area contributed by atoms with Crippen LogP contribution in [-0.2, 0) is 9.47 Å². The van der Waals surface area contributed by atoms with E-state index in [1.54, 1.807) is 20.8 Å². The summed E-state index contributed by atoms with van der Waals surface area (Å²) >= 11 is 6.10. The Morgan fingerprint density at radius 2 is 2.11 bits per heavy atom. The normalized spacial score (nSPS) is 10.9. The van der Waals surface area contributed by atoms with Gasteiger partial charge in [-0.1, -0.05) is 16.1 Å². The molecule has 1 aromatic rings. The highest BCUT2D eigenvalue weighted by atomic mass is 35.5. The Hall–Kier alpha value is -1.41. The molecule has 0 radical (unpaired) electrons. The van der Waals surface area contributed by atoms with Gasteiger partial charge in [0.25, 0.3) is 0 Å². The van der Waals surface area contributed by atoms with Gasteiger partial charge in [-0.05, 0) is 20.8 Å². The van der Waals surface area contributed by atoms with Gasteiger partial charge in [-0.3, -0.25) is 5.32 Å². The van der Waals surface area contributed by atoms with Crippen molar-refractivity contribution in [1.82, 2.24) is 9.59 Å². The van der Waals surface area contributed by atoms with Crippen molar-refractivity contribution in [2.24, 2.45) is 0 Å². The summed E-state index contributed by atoms with van der Waals surface area (Å²) in [5.74, 6) is -0.759. The summed E-state index contributed by atoms with van der Waals surface area (Å²) in [4.78, 5) is 22.9. The molecular formula is C9H12ClN3O4S. The van der Waals surface area contributed by atoms with Gasteiger partial charge in [0.2, 0.25) is 5.69 Å². The maximum absolute atomic E-state index is 11.5. The van der Waals surface area contributed by atoms with E-state index < -0.39 is 17.7 Å². The van der Waals surface area contributed by atoms with Gasteiger partial charge in [-0.15, -0.1) is 5.10 Å². The first-order valence-corrected chi connectivity index (χ1v) is 6.19. The average molecular weight is 294 g/mol. The molecule has 1 aromatic heterocycles. The van der Waals surface area contributed by atoms with E-state index in [4.69, 9.17) is 16.3 Å². The predicted molar refractivity (Wildman–Crippen MR) is 65.9 cm³/mol. The van der Waals surface area contributed by atoms with Crippen LogP contribution in [0.2, 0.25) is 0 Å². The lowest BCUT2D eigenvalue weighted by Gasteiger charge is -2.19. The lowest BCUT2D eigenvalue weighted by atomic mass is 10.2. The summed E-state index contributed by atoms with van der Waals surface area (Å²) in [5, 5.41) is 6.08. The van der Waals surface area contributed by atoms with Crippen LogP contribution in [0.5, 0.6) is 0 Å². The molecule has 0 aliphatic carbocycles. The molecule has 0 saturated carbocycles. The number of carbonyl (C=O) groups is 2. The molecule has 7 nitrogen and oxygen atoms in total. The molecule has 0 unspecified atom stereocenters.